The molecular weight excluding hydrogens is 418 g/mol. The van der Waals surface area contributed by atoms with Crippen LogP contribution >= 0.6 is 0 Å². The third-order valence-corrected chi connectivity index (χ3v) is 7.64. The first-order chi connectivity index (χ1) is 15.9. The molecule has 0 saturated carbocycles. The van der Waals surface area contributed by atoms with Crippen molar-refractivity contribution in [2.75, 3.05) is 37.6 Å². The highest BCUT2D eigenvalue weighted by atomic mass is 16.2. The van der Waals surface area contributed by atoms with Crippen LogP contribution in [0.4, 0.5) is 10.5 Å². The number of carbonyl (C=O) groups excluding carboxylic acids is 3. The number of aromatic nitrogens is 1. The molecule has 1 aromatic carbocycles. The third-order valence-electron chi connectivity index (χ3n) is 7.64. The Hall–Kier alpha value is -2.87. The number of fused-ring (bicyclic) bond motifs is 1. The SMILES string of the molecule is CC(C)n1ccc2c(N3CCC(=O)NC3=O)cc(C(=O)N3CCC4(CCCNC4)CC3)cc21. The Bertz CT molecular complexity index is 1090. The minimum Gasteiger partial charge on any atom is -0.345 e. The number of nitrogens with zero attached hydrogens (tertiary/aromatic N) is 3. The highest BCUT2D eigenvalue weighted by molar-refractivity contribution is 6.11. The number of anilines is 1. The zero-order chi connectivity index (χ0) is 23.2. The number of rotatable bonds is 3. The second kappa shape index (κ2) is 8.48. The van der Waals surface area contributed by atoms with Crippen LogP contribution in [0.25, 0.3) is 10.9 Å². The molecule has 0 aliphatic carbocycles. The van der Waals surface area contributed by atoms with Crippen molar-refractivity contribution >= 4 is 34.4 Å². The van der Waals surface area contributed by atoms with Crippen LogP contribution in [-0.4, -0.2) is 60.0 Å². The topological polar surface area (TPSA) is 86.7 Å². The standard InChI is InChI=1S/C25H33N5O3/c1-17(2)29-10-4-19-20(29)14-18(15-21(19)30-11-5-22(31)27-24(30)33)23(32)28-12-7-25(8-13-28)6-3-9-26-16-25/h4,10,14-15,17,26H,3,5-9,11-13,16H2,1-2H3,(H,27,31,33). The van der Waals surface area contributed by atoms with E-state index in [9.17, 15) is 14.4 Å². The third kappa shape index (κ3) is 4.01. The van der Waals surface area contributed by atoms with Gasteiger partial charge in [-0.1, -0.05) is 0 Å². The molecule has 4 heterocycles. The number of amides is 4. The van der Waals surface area contributed by atoms with E-state index in [-0.39, 0.29) is 24.3 Å². The van der Waals surface area contributed by atoms with E-state index in [2.05, 4.69) is 29.0 Å². The summed E-state index contributed by atoms with van der Waals surface area (Å²) in [7, 11) is 0. The van der Waals surface area contributed by atoms with Crippen LogP contribution in [0, 0.1) is 5.41 Å². The van der Waals surface area contributed by atoms with Gasteiger partial charge < -0.3 is 14.8 Å². The van der Waals surface area contributed by atoms with Crippen molar-refractivity contribution in [1.82, 2.24) is 20.1 Å². The number of nitrogens with one attached hydrogen (secondary N) is 2. The van der Waals surface area contributed by atoms with E-state index >= 15 is 0 Å². The Balaban J connectivity index is 1.47. The van der Waals surface area contributed by atoms with Gasteiger partial charge in [-0.2, -0.15) is 0 Å². The van der Waals surface area contributed by atoms with Gasteiger partial charge in [-0.05, 0) is 69.7 Å². The summed E-state index contributed by atoms with van der Waals surface area (Å²) in [6, 6.07) is 5.56. The fourth-order valence-corrected chi connectivity index (χ4v) is 5.66. The molecule has 5 rings (SSSR count). The summed E-state index contributed by atoms with van der Waals surface area (Å²) in [6.45, 7) is 8.18. The highest BCUT2D eigenvalue weighted by Gasteiger charge is 2.37. The second-order valence-electron chi connectivity index (χ2n) is 10.1. The molecule has 3 saturated heterocycles. The predicted molar refractivity (Wildman–Crippen MR) is 127 cm³/mol. The van der Waals surface area contributed by atoms with Gasteiger partial charge in [-0.25, -0.2) is 4.79 Å². The highest BCUT2D eigenvalue weighted by Crippen LogP contribution is 2.38. The van der Waals surface area contributed by atoms with Gasteiger partial charge in [0.2, 0.25) is 5.91 Å². The zero-order valence-corrected chi connectivity index (χ0v) is 19.5. The van der Waals surface area contributed by atoms with Crippen molar-refractivity contribution in [2.45, 2.75) is 52.0 Å². The molecule has 1 spiro atoms. The Labute approximate surface area is 194 Å². The normalized spacial score (nSPS) is 21.2. The molecule has 0 radical (unpaired) electrons. The molecule has 176 valence electrons. The lowest BCUT2D eigenvalue weighted by atomic mass is 9.73. The number of benzene rings is 1. The average molecular weight is 452 g/mol. The van der Waals surface area contributed by atoms with Gasteiger partial charge in [0.05, 0.1) is 11.2 Å². The summed E-state index contributed by atoms with van der Waals surface area (Å²) < 4.78 is 2.13. The van der Waals surface area contributed by atoms with E-state index in [1.54, 1.807) is 4.90 Å². The van der Waals surface area contributed by atoms with E-state index in [4.69, 9.17) is 0 Å². The predicted octanol–water partition coefficient (Wildman–Crippen LogP) is 3.27. The molecule has 3 aliphatic rings. The van der Waals surface area contributed by atoms with E-state index < -0.39 is 6.03 Å². The van der Waals surface area contributed by atoms with E-state index in [0.29, 0.717) is 23.2 Å². The summed E-state index contributed by atoms with van der Waals surface area (Å²) >= 11 is 0. The van der Waals surface area contributed by atoms with Crippen LogP contribution in [0.2, 0.25) is 0 Å². The first-order valence-corrected chi connectivity index (χ1v) is 12.1. The van der Waals surface area contributed by atoms with E-state index in [1.807, 2.05) is 29.3 Å². The fraction of sp³-hybridized carbons (Fsp3) is 0.560. The van der Waals surface area contributed by atoms with Crippen molar-refractivity contribution in [3.8, 4) is 0 Å². The summed E-state index contributed by atoms with van der Waals surface area (Å²) in [5.41, 5.74) is 2.54. The quantitative estimate of drug-likeness (QED) is 0.750. The van der Waals surface area contributed by atoms with Gasteiger partial charge in [0.1, 0.15) is 0 Å². The molecule has 1 aromatic heterocycles. The minimum absolute atomic E-state index is 0.0155. The van der Waals surface area contributed by atoms with Crippen LogP contribution in [-0.2, 0) is 4.79 Å². The van der Waals surface area contributed by atoms with Gasteiger partial charge in [-0.15, -0.1) is 0 Å². The zero-order valence-electron chi connectivity index (χ0n) is 19.5. The lowest BCUT2D eigenvalue weighted by molar-refractivity contribution is -0.120. The summed E-state index contributed by atoms with van der Waals surface area (Å²) in [5.74, 6) is -0.249. The first-order valence-electron chi connectivity index (χ1n) is 12.1. The molecular formula is C25H33N5O3. The second-order valence-corrected chi connectivity index (χ2v) is 10.1. The largest absolute Gasteiger partial charge is 0.345 e. The van der Waals surface area contributed by atoms with Gasteiger partial charge in [0.15, 0.2) is 0 Å². The number of likely N-dealkylation sites (tertiary alicyclic amines) is 1. The van der Waals surface area contributed by atoms with E-state index in [0.717, 1.165) is 49.9 Å². The minimum atomic E-state index is -0.431. The Morgan fingerprint density at radius 3 is 2.55 bits per heavy atom. The smallest absolute Gasteiger partial charge is 0.328 e. The molecule has 3 aliphatic heterocycles. The molecule has 8 nitrogen and oxygen atoms in total. The number of hydrogen-bond donors (Lipinski definition) is 2. The maximum atomic E-state index is 13.6. The van der Waals surface area contributed by atoms with Crippen LogP contribution in [0.1, 0.15) is 62.4 Å². The molecule has 2 aromatic rings. The Kier molecular flexibility index (Phi) is 5.64. The van der Waals surface area contributed by atoms with Crippen LogP contribution in [0.15, 0.2) is 24.4 Å². The molecule has 33 heavy (non-hydrogen) atoms. The van der Waals surface area contributed by atoms with Gasteiger partial charge in [0, 0.05) is 55.8 Å². The maximum absolute atomic E-state index is 13.6. The molecule has 2 N–H and O–H groups in total. The molecule has 0 atom stereocenters. The summed E-state index contributed by atoms with van der Waals surface area (Å²) in [6.07, 6.45) is 6.75. The van der Waals surface area contributed by atoms with Gasteiger partial charge in [0.25, 0.3) is 5.91 Å². The lowest BCUT2D eigenvalue weighted by Crippen LogP contribution is -2.50. The Morgan fingerprint density at radius 2 is 1.88 bits per heavy atom. The van der Waals surface area contributed by atoms with Crippen LogP contribution in [0.3, 0.4) is 0 Å². The average Bonchev–Trinajstić information content (AvgIpc) is 3.24. The van der Waals surface area contributed by atoms with Gasteiger partial charge >= 0.3 is 6.03 Å². The van der Waals surface area contributed by atoms with Crippen molar-refractivity contribution < 1.29 is 14.4 Å². The van der Waals surface area contributed by atoms with E-state index in [1.165, 1.54) is 12.8 Å². The van der Waals surface area contributed by atoms with Crippen molar-refractivity contribution in [3.63, 3.8) is 0 Å². The van der Waals surface area contributed by atoms with Crippen molar-refractivity contribution in [3.05, 3.63) is 30.0 Å². The molecule has 0 bridgehead atoms. The lowest BCUT2D eigenvalue weighted by Gasteiger charge is -2.44. The van der Waals surface area contributed by atoms with Gasteiger partial charge in [-0.3, -0.25) is 19.8 Å². The Morgan fingerprint density at radius 1 is 1.09 bits per heavy atom. The van der Waals surface area contributed by atoms with Crippen molar-refractivity contribution in [1.29, 1.82) is 0 Å². The summed E-state index contributed by atoms with van der Waals surface area (Å²) in [5, 5.41) is 6.85. The fourth-order valence-electron chi connectivity index (χ4n) is 5.66. The van der Waals surface area contributed by atoms with Crippen LogP contribution in [0.5, 0.6) is 0 Å². The number of hydrogen-bond acceptors (Lipinski definition) is 4. The molecule has 4 amide bonds. The molecule has 0 unspecified atom stereocenters. The monoisotopic (exact) mass is 451 g/mol. The first kappa shape index (κ1) is 21.9. The van der Waals surface area contributed by atoms with Crippen LogP contribution < -0.4 is 15.5 Å². The maximum Gasteiger partial charge on any atom is 0.328 e. The number of carbonyl (C=O) groups is 3. The number of imide groups is 1. The summed E-state index contributed by atoms with van der Waals surface area (Å²) in [4.78, 5) is 41.5. The number of urea groups is 1. The number of piperidine rings is 2. The molecule has 3 fully saturated rings. The molecule has 8 heteroatoms. The van der Waals surface area contributed by atoms with Crippen molar-refractivity contribution in [2.24, 2.45) is 5.41 Å².